The van der Waals surface area contributed by atoms with Gasteiger partial charge >= 0.3 is 0 Å². The lowest BCUT2D eigenvalue weighted by Gasteiger charge is -2.07. The first-order chi connectivity index (χ1) is 7.31. The molecule has 0 fully saturated rings. The highest BCUT2D eigenvalue weighted by Gasteiger charge is 2.01. The van der Waals surface area contributed by atoms with Crippen LogP contribution in [0.3, 0.4) is 0 Å². The van der Waals surface area contributed by atoms with Gasteiger partial charge in [-0.15, -0.1) is 12.4 Å². The third-order valence-electron chi connectivity index (χ3n) is 2.61. The molecule has 0 aliphatic heterocycles. The Morgan fingerprint density at radius 2 is 1.69 bits per heavy atom. The Morgan fingerprint density at radius 3 is 2.25 bits per heavy atom. The van der Waals surface area contributed by atoms with E-state index in [2.05, 4.69) is 49.4 Å². The van der Waals surface area contributed by atoms with Gasteiger partial charge < -0.3 is 5.73 Å². The number of aryl methyl sites for hydroxylation is 1. The van der Waals surface area contributed by atoms with Gasteiger partial charge in [0, 0.05) is 6.54 Å². The molecule has 84 valence electrons. The Labute approximate surface area is 103 Å². The van der Waals surface area contributed by atoms with Gasteiger partial charge in [0.2, 0.25) is 0 Å². The van der Waals surface area contributed by atoms with Crippen molar-refractivity contribution in [1.29, 1.82) is 0 Å². The monoisotopic (exact) mass is 233 g/mol. The average molecular weight is 234 g/mol. The van der Waals surface area contributed by atoms with Crippen LogP contribution < -0.4 is 5.73 Å². The second-order valence-corrected chi connectivity index (χ2v) is 3.72. The molecule has 0 radical (unpaired) electrons. The number of halogens is 1. The Hall–Kier alpha value is -1.31. The van der Waals surface area contributed by atoms with E-state index in [-0.39, 0.29) is 12.4 Å². The van der Waals surface area contributed by atoms with Crippen molar-refractivity contribution >= 4 is 12.4 Å². The van der Waals surface area contributed by atoms with Gasteiger partial charge in [-0.05, 0) is 29.2 Å². The van der Waals surface area contributed by atoms with Crippen LogP contribution in [0.15, 0.2) is 48.5 Å². The van der Waals surface area contributed by atoms with Crippen molar-refractivity contribution < 1.29 is 0 Å². The number of hydrogen-bond donors (Lipinski definition) is 1. The Balaban J connectivity index is 0.00000128. The van der Waals surface area contributed by atoms with E-state index in [0.717, 1.165) is 0 Å². The lowest BCUT2D eigenvalue weighted by Crippen LogP contribution is -1.96. The minimum absolute atomic E-state index is 0. The quantitative estimate of drug-likeness (QED) is 0.844. The number of benzene rings is 2. The van der Waals surface area contributed by atoms with Gasteiger partial charge in [-0.1, -0.05) is 48.5 Å². The molecule has 1 nitrogen and oxygen atoms in total. The average Bonchev–Trinajstić information content (AvgIpc) is 2.30. The van der Waals surface area contributed by atoms with Crippen LogP contribution in [0.1, 0.15) is 11.1 Å². The second kappa shape index (κ2) is 5.69. The third kappa shape index (κ3) is 2.63. The van der Waals surface area contributed by atoms with Crippen LogP contribution in [0.4, 0.5) is 0 Å². The topological polar surface area (TPSA) is 26.0 Å². The lowest BCUT2D eigenvalue weighted by molar-refractivity contribution is 1.07. The van der Waals surface area contributed by atoms with Crippen LogP contribution in [-0.2, 0) is 6.54 Å². The maximum atomic E-state index is 5.61. The van der Waals surface area contributed by atoms with Crippen molar-refractivity contribution in [1.82, 2.24) is 0 Å². The Bertz CT molecular complexity index is 452. The summed E-state index contributed by atoms with van der Waals surface area (Å²) in [5, 5.41) is 0. The van der Waals surface area contributed by atoms with Crippen molar-refractivity contribution in [2.24, 2.45) is 5.73 Å². The Kier molecular flexibility index (Phi) is 4.53. The van der Waals surface area contributed by atoms with Crippen molar-refractivity contribution in [3.05, 3.63) is 59.7 Å². The molecule has 0 aliphatic rings. The molecule has 16 heavy (non-hydrogen) atoms. The van der Waals surface area contributed by atoms with Crippen LogP contribution in [-0.4, -0.2) is 0 Å². The lowest BCUT2D eigenvalue weighted by atomic mass is 9.98. The molecule has 0 saturated carbocycles. The molecular weight excluding hydrogens is 218 g/mol. The zero-order chi connectivity index (χ0) is 10.7. The zero-order valence-corrected chi connectivity index (χ0v) is 10.1. The van der Waals surface area contributed by atoms with Gasteiger partial charge in [0.1, 0.15) is 0 Å². The molecule has 0 heterocycles. The van der Waals surface area contributed by atoms with Crippen LogP contribution in [0.5, 0.6) is 0 Å². The smallest absolute Gasteiger partial charge is 0.0178 e. The first-order valence-electron chi connectivity index (χ1n) is 5.16. The molecule has 2 N–H and O–H groups in total. The van der Waals surface area contributed by atoms with Gasteiger partial charge in [0.05, 0.1) is 0 Å². The molecular formula is C14H16ClN. The van der Waals surface area contributed by atoms with E-state index in [4.69, 9.17) is 5.73 Å². The predicted octanol–water partition coefficient (Wildman–Crippen LogP) is 3.54. The van der Waals surface area contributed by atoms with E-state index in [1.54, 1.807) is 0 Å². The number of rotatable bonds is 2. The largest absolute Gasteiger partial charge is 0.326 e. The van der Waals surface area contributed by atoms with Crippen molar-refractivity contribution in [2.75, 3.05) is 0 Å². The molecule has 2 aromatic carbocycles. The standard InChI is InChI=1S/C14H15N.ClH/c1-11-9-12(10-15)7-8-14(11)13-5-3-2-4-6-13;/h2-9H,10,15H2,1H3;1H. The molecule has 0 bridgehead atoms. The molecule has 2 heteroatoms. The molecule has 0 aliphatic carbocycles. The molecule has 0 amide bonds. The summed E-state index contributed by atoms with van der Waals surface area (Å²) in [7, 11) is 0. The third-order valence-corrected chi connectivity index (χ3v) is 2.61. The summed E-state index contributed by atoms with van der Waals surface area (Å²) in [5.41, 5.74) is 10.6. The highest BCUT2D eigenvalue weighted by atomic mass is 35.5. The fraction of sp³-hybridized carbons (Fsp3) is 0.143. The molecule has 0 unspecified atom stereocenters. The summed E-state index contributed by atoms with van der Waals surface area (Å²) in [5.74, 6) is 0. The van der Waals surface area contributed by atoms with Crippen molar-refractivity contribution in [3.8, 4) is 11.1 Å². The van der Waals surface area contributed by atoms with Crippen LogP contribution >= 0.6 is 12.4 Å². The van der Waals surface area contributed by atoms with Gasteiger partial charge in [0.15, 0.2) is 0 Å². The van der Waals surface area contributed by atoms with E-state index in [0.29, 0.717) is 6.54 Å². The molecule has 0 atom stereocenters. The van der Waals surface area contributed by atoms with E-state index in [1.165, 1.54) is 22.3 Å². The van der Waals surface area contributed by atoms with E-state index < -0.39 is 0 Å². The van der Waals surface area contributed by atoms with Gasteiger partial charge in [-0.2, -0.15) is 0 Å². The second-order valence-electron chi connectivity index (χ2n) is 3.72. The van der Waals surface area contributed by atoms with Crippen LogP contribution in [0, 0.1) is 6.92 Å². The summed E-state index contributed by atoms with van der Waals surface area (Å²) in [6.07, 6.45) is 0. The fourth-order valence-corrected chi connectivity index (χ4v) is 1.79. The van der Waals surface area contributed by atoms with E-state index in [9.17, 15) is 0 Å². The minimum Gasteiger partial charge on any atom is -0.326 e. The molecule has 2 aromatic rings. The maximum absolute atomic E-state index is 5.61. The SMILES string of the molecule is Cc1cc(CN)ccc1-c1ccccc1.Cl. The summed E-state index contributed by atoms with van der Waals surface area (Å²) in [6.45, 7) is 2.73. The predicted molar refractivity (Wildman–Crippen MR) is 71.8 cm³/mol. The highest BCUT2D eigenvalue weighted by molar-refractivity contribution is 5.85. The van der Waals surface area contributed by atoms with Crippen LogP contribution in [0.25, 0.3) is 11.1 Å². The van der Waals surface area contributed by atoms with E-state index >= 15 is 0 Å². The highest BCUT2D eigenvalue weighted by Crippen LogP contribution is 2.23. The normalized spacial score (nSPS) is 9.62. The molecule has 0 spiro atoms. The number of nitrogens with two attached hydrogens (primary N) is 1. The summed E-state index contributed by atoms with van der Waals surface area (Å²) in [6, 6.07) is 16.8. The molecule has 0 aromatic heterocycles. The first kappa shape index (κ1) is 12.8. The Morgan fingerprint density at radius 1 is 1.00 bits per heavy atom. The maximum Gasteiger partial charge on any atom is 0.0178 e. The first-order valence-corrected chi connectivity index (χ1v) is 5.16. The summed E-state index contributed by atoms with van der Waals surface area (Å²) in [4.78, 5) is 0. The fourth-order valence-electron chi connectivity index (χ4n) is 1.79. The number of hydrogen-bond acceptors (Lipinski definition) is 1. The summed E-state index contributed by atoms with van der Waals surface area (Å²) < 4.78 is 0. The van der Waals surface area contributed by atoms with Gasteiger partial charge in [-0.25, -0.2) is 0 Å². The van der Waals surface area contributed by atoms with Gasteiger partial charge in [-0.3, -0.25) is 0 Å². The van der Waals surface area contributed by atoms with Crippen LogP contribution in [0.2, 0.25) is 0 Å². The van der Waals surface area contributed by atoms with Crippen molar-refractivity contribution in [2.45, 2.75) is 13.5 Å². The zero-order valence-electron chi connectivity index (χ0n) is 9.31. The van der Waals surface area contributed by atoms with Gasteiger partial charge in [0.25, 0.3) is 0 Å². The van der Waals surface area contributed by atoms with E-state index in [1.807, 2.05) is 6.07 Å². The van der Waals surface area contributed by atoms with Crippen molar-refractivity contribution in [3.63, 3.8) is 0 Å². The summed E-state index contributed by atoms with van der Waals surface area (Å²) >= 11 is 0. The molecule has 2 rings (SSSR count). The molecule has 0 saturated heterocycles. The minimum atomic E-state index is 0.